The maximum absolute atomic E-state index is 12.1. The molecule has 6 heteroatoms. The van der Waals surface area contributed by atoms with Crippen LogP contribution in [0.3, 0.4) is 0 Å². The smallest absolute Gasteiger partial charge is 0.319 e. The van der Waals surface area contributed by atoms with Crippen LogP contribution in [0.25, 0.3) is 0 Å². The maximum Gasteiger partial charge on any atom is 0.319 e. The van der Waals surface area contributed by atoms with Crippen LogP contribution >= 0.6 is 0 Å². The molecule has 1 unspecified atom stereocenters. The lowest BCUT2D eigenvalue weighted by atomic mass is 10.0. The molecule has 0 radical (unpaired) electrons. The summed E-state index contributed by atoms with van der Waals surface area (Å²) in [5.41, 5.74) is 2.68. The molecule has 6 nitrogen and oxygen atoms in total. The zero-order chi connectivity index (χ0) is 18.1. The van der Waals surface area contributed by atoms with Crippen molar-refractivity contribution in [3.05, 3.63) is 54.4 Å². The van der Waals surface area contributed by atoms with Crippen molar-refractivity contribution in [1.29, 1.82) is 0 Å². The number of rotatable bonds is 8. The van der Waals surface area contributed by atoms with Crippen molar-refractivity contribution >= 4 is 17.4 Å². The second-order valence-corrected chi connectivity index (χ2v) is 5.97. The summed E-state index contributed by atoms with van der Waals surface area (Å²) in [6, 6.07) is 13.1. The summed E-state index contributed by atoms with van der Waals surface area (Å²) in [5, 5.41) is 15.2. The Morgan fingerprint density at radius 3 is 2.80 bits per heavy atom. The van der Waals surface area contributed by atoms with E-state index in [1.54, 1.807) is 6.20 Å². The van der Waals surface area contributed by atoms with Crippen LogP contribution in [-0.4, -0.2) is 42.9 Å². The average molecular weight is 342 g/mol. The lowest BCUT2D eigenvalue weighted by Gasteiger charge is -2.18. The molecule has 25 heavy (non-hydrogen) atoms. The van der Waals surface area contributed by atoms with Crippen molar-refractivity contribution in [3.63, 3.8) is 0 Å². The number of nitrogens with zero attached hydrogens (tertiary/aromatic N) is 2. The molecule has 0 fully saturated rings. The van der Waals surface area contributed by atoms with E-state index in [0.717, 1.165) is 23.6 Å². The highest BCUT2D eigenvalue weighted by atomic mass is 16.3. The maximum atomic E-state index is 12.1. The van der Waals surface area contributed by atoms with E-state index in [9.17, 15) is 9.90 Å². The first-order chi connectivity index (χ1) is 12.1. The van der Waals surface area contributed by atoms with Crippen LogP contribution in [0.5, 0.6) is 0 Å². The Kier molecular flexibility index (Phi) is 7.22. The monoisotopic (exact) mass is 342 g/mol. The molecule has 0 aliphatic carbocycles. The van der Waals surface area contributed by atoms with Gasteiger partial charge in [-0.05, 0) is 43.7 Å². The lowest BCUT2D eigenvalue weighted by molar-refractivity contribution is 0.217. The van der Waals surface area contributed by atoms with Gasteiger partial charge in [0.25, 0.3) is 0 Å². The van der Waals surface area contributed by atoms with Crippen molar-refractivity contribution < 1.29 is 9.90 Å². The summed E-state index contributed by atoms with van der Waals surface area (Å²) in [4.78, 5) is 18.4. The highest BCUT2D eigenvalue weighted by Crippen LogP contribution is 2.18. The second kappa shape index (κ2) is 9.64. The van der Waals surface area contributed by atoms with E-state index in [-0.39, 0.29) is 18.6 Å². The van der Waals surface area contributed by atoms with Gasteiger partial charge in [-0.15, -0.1) is 0 Å². The quantitative estimate of drug-likeness (QED) is 0.689. The van der Waals surface area contributed by atoms with Crippen molar-refractivity contribution in [2.75, 3.05) is 37.0 Å². The molecule has 2 amide bonds. The van der Waals surface area contributed by atoms with E-state index in [0.29, 0.717) is 13.0 Å². The summed E-state index contributed by atoms with van der Waals surface area (Å²) < 4.78 is 0. The van der Waals surface area contributed by atoms with E-state index >= 15 is 0 Å². The summed E-state index contributed by atoms with van der Waals surface area (Å²) >= 11 is 0. The minimum Gasteiger partial charge on any atom is -0.396 e. The fourth-order valence-electron chi connectivity index (χ4n) is 2.43. The lowest BCUT2D eigenvalue weighted by Crippen LogP contribution is -2.35. The molecule has 0 spiro atoms. The Bertz CT molecular complexity index is 663. The number of anilines is 2. The fraction of sp³-hybridized carbons (Fsp3) is 0.368. The van der Waals surface area contributed by atoms with Crippen molar-refractivity contribution in [2.24, 2.45) is 5.92 Å². The van der Waals surface area contributed by atoms with Crippen LogP contribution in [0.2, 0.25) is 0 Å². The van der Waals surface area contributed by atoms with Gasteiger partial charge in [-0.2, -0.15) is 0 Å². The Balaban J connectivity index is 1.85. The Morgan fingerprint density at radius 1 is 1.28 bits per heavy atom. The number of aliphatic hydroxyl groups excluding tert-OH is 1. The molecule has 134 valence electrons. The van der Waals surface area contributed by atoms with Crippen LogP contribution in [0.15, 0.2) is 48.7 Å². The molecule has 0 saturated heterocycles. The standard InChI is InChI=1S/C19H26N4O2/c1-3-23(2)18-9-6-8-17(12-18)22-19(25)21-13-15(14-24)11-16-7-4-5-10-20-16/h4-10,12,15,24H,3,11,13-14H2,1-2H3,(H2,21,22,25). The number of hydrogen-bond donors (Lipinski definition) is 3. The molecule has 1 aromatic carbocycles. The van der Waals surface area contributed by atoms with Gasteiger partial charge in [-0.3, -0.25) is 4.98 Å². The first-order valence-electron chi connectivity index (χ1n) is 8.49. The van der Waals surface area contributed by atoms with Crippen LogP contribution in [0.1, 0.15) is 12.6 Å². The number of urea groups is 1. The van der Waals surface area contributed by atoms with Gasteiger partial charge in [0.15, 0.2) is 0 Å². The summed E-state index contributed by atoms with van der Waals surface area (Å²) in [5.74, 6) is -0.0711. The van der Waals surface area contributed by atoms with Crippen LogP contribution in [0, 0.1) is 5.92 Å². The predicted octanol–water partition coefficient (Wildman–Crippen LogP) is 2.51. The van der Waals surface area contributed by atoms with Gasteiger partial charge in [-0.25, -0.2) is 4.79 Å². The number of aromatic nitrogens is 1. The minimum atomic E-state index is -0.282. The third-order valence-corrected chi connectivity index (χ3v) is 4.05. The van der Waals surface area contributed by atoms with Crippen molar-refractivity contribution in [3.8, 4) is 0 Å². The third-order valence-electron chi connectivity index (χ3n) is 4.05. The van der Waals surface area contributed by atoms with Crippen LogP contribution in [-0.2, 0) is 6.42 Å². The number of aliphatic hydroxyl groups is 1. The first-order valence-corrected chi connectivity index (χ1v) is 8.49. The van der Waals surface area contributed by atoms with Gasteiger partial charge < -0.3 is 20.6 Å². The Labute approximate surface area is 148 Å². The number of nitrogens with one attached hydrogen (secondary N) is 2. The Morgan fingerprint density at radius 2 is 2.12 bits per heavy atom. The van der Waals surface area contributed by atoms with Crippen LogP contribution in [0.4, 0.5) is 16.2 Å². The summed E-state index contributed by atoms with van der Waals surface area (Å²) in [6.45, 7) is 3.34. The average Bonchev–Trinajstić information content (AvgIpc) is 2.65. The number of benzene rings is 1. The molecular formula is C19H26N4O2. The molecule has 3 N–H and O–H groups in total. The Hall–Kier alpha value is -2.60. The third kappa shape index (κ3) is 6.08. The second-order valence-electron chi connectivity index (χ2n) is 5.97. The van der Waals surface area contributed by atoms with E-state index in [2.05, 4.69) is 27.4 Å². The molecule has 1 heterocycles. The van der Waals surface area contributed by atoms with Gasteiger partial charge >= 0.3 is 6.03 Å². The van der Waals surface area contributed by atoms with Gasteiger partial charge in [0.05, 0.1) is 0 Å². The van der Waals surface area contributed by atoms with E-state index in [4.69, 9.17) is 0 Å². The molecule has 0 aliphatic rings. The van der Waals surface area contributed by atoms with Gasteiger partial charge in [0.2, 0.25) is 0 Å². The summed E-state index contributed by atoms with van der Waals surface area (Å²) in [6.07, 6.45) is 2.35. The SMILES string of the molecule is CCN(C)c1cccc(NC(=O)NCC(CO)Cc2ccccn2)c1. The van der Waals surface area contributed by atoms with Crippen LogP contribution < -0.4 is 15.5 Å². The zero-order valence-corrected chi connectivity index (χ0v) is 14.8. The molecule has 1 atom stereocenters. The molecular weight excluding hydrogens is 316 g/mol. The normalized spacial score (nSPS) is 11.6. The van der Waals surface area contributed by atoms with Crippen molar-refractivity contribution in [1.82, 2.24) is 10.3 Å². The molecule has 0 aliphatic heterocycles. The predicted molar refractivity (Wildman–Crippen MR) is 101 cm³/mol. The molecule has 2 aromatic rings. The molecule has 0 saturated carbocycles. The van der Waals surface area contributed by atoms with Gasteiger partial charge in [0, 0.05) is 55.9 Å². The summed E-state index contributed by atoms with van der Waals surface area (Å²) in [7, 11) is 2.00. The molecule has 2 rings (SSSR count). The number of carbonyl (C=O) groups excluding carboxylic acids is 1. The minimum absolute atomic E-state index is 0.00632. The zero-order valence-electron chi connectivity index (χ0n) is 14.8. The number of hydrogen-bond acceptors (Lipinski definition) is 4. The first kappa shape index (κ1) is 18.7. The number of amides is 2. The van der Waals surface area contributed by atoms with Gasteiger partial charge in [-0.1, -0.05) is 12.1 Å². The van der Waals surface area contributed by atoms with E-state index in [1.165, 1.54) is 0 Å². The topological polar surface area (TPSA) is 77.5 Å². The van der Waals surface area contributed by atoms with E-state index < -0.39 is 0 Å². The van der Waals surface area contributed by atoms with E-state index in [1.807, 2.05) is 49.5 Å². The number of carbonyl (C=O) groups is 1. The molecule has 1 aromatic heterocycles. The largest absolute Gasteiger partial charge is 0.396 e. The van der Waals surface area contributed by atoms with Gasteiger partial charge in [0.1, 0.15) is 0 Å². The van der Waals surface area contributed by atoms with Crippen molar-refractivity contribution in [2.45, 2.75) is 13.3 Å². The highest BCUT2D eigenvalue weighted by Gasteiger charge is 2.11. The molecule has 0 bridgehead atoms. The number of pyridine rings is 1. The fourth-order valence-corrected chi connectivity index (χ4v) is 2.43. The highest BCUT2D eigenvalue weighted by molar-refractivity contribution is 5.89.